The fourth-order valence-electron chi connectivity index (χ4n) is 4.73. The van der Waals surface area contributed by atoms with Crippen molar-refractivity contribution in [3.63, 3.8) is 0 Å². The molecule has 1 N–H and O–H groups in total. The minimum atomic E-state index is -0.335. The van der Waals surface area contributed by atoms with Crippen LogP contribution in [0.2, 0.25) is 0 Å². The number of thioether (sulfide) groups is 1. The molecule has 2 saturated carbocycles. The van der Waals surface area contributed by atoms with Crippen molar-refractivity contribution in [2.45, 2.75) is 62.7 Å². The molecule has 0 spiro atoms. The molecule has 0 radical (unpaired) electrons. The molecule has 0 unspecified atom stereocenters. The average molecular weight is 322 g/mol. The van der Waals surface area contributed by atoms with Gasteiger partial charge in [-0.1, -0.05) is 18.2 Å². The number of carbonyl (C=O) groups is 1. The molecule has 22 heavy (non-hydrogen) atoms. The largest absolute Gasteiger partial charge is 0.381 e. The number of fused-ring (bicyclic) bond motifs is 2. The Morgan fingerprint density at radius 3 is 2.77 bits per heavy atom. The first kappa shape index (κ1) is 15.0. The average Bonchev–Trinajstić information content (AvgIpc) is 3.16. The van der Waals surface area contributed by atoms with Crippen LogP contribution in [0.4, 0.5) is 0 Å². The van der Waals surface area contributed by atoms with Crippen LogP contribution in [0.15, 0.2) is 4.99 Å². The first-order valence-electron chi connectivity index (χ1n) is 8.78. The highest BCUT2D eigenvalue weighted by Crippen LogP contribution is 2.47. The van der Waals surface area contributed by atoms with Gasteiger partial charge < -0.3 is 10.1 Å². The highest BCUT2D eigenvalue weighted by atomic mass is 32.2. The Hall–Kier alpha value is -0.550. The van der Waals surface area contributed by atoms with Crippen molar-refractivity contribution in [1.29, 1.82) is 0 Å². The van der Waals surface area contributed by atoms with Crippen LogP contribution < -0.4 is 5.32 Å². The summed E-state index contributed by atoms with van der Waals surface area (Å²) < 4.78 is 5.10. The molecule has 0 aromatic heterocycles. The predicted molar refractivity (Wildman–Crippen MR) is 89.0 cm³/mol. The zero-order valence-corrected chi connectivity index (χ0v) is 14.2. The molecule has 2 saturated heterocycles. The lowest BCUT2D eigenvalue weighted by atomic mass is 9.89. The molecule has 4 nitrogen and oxygen atoms in total. The number of nitrogens with zero attached hydrogens (tertiary/aromatic N) is 1. The lowest BCUT2D eigenvalue weighted by molar-refractivity contribution is -0.121. The number of amides is 1. The lowest BCUT2D eigenvalue weighted by Crippen LogP contribution is -2.36. The number of amidine groups is 1. The number of ether oxygens (including phenoxy) is 1. The van der Waals surface area contributed by atoms with E-state index in [1.54, 1.807) is 11.8 Å². The highest BCUT2D eigenvalue weighted by Gasteiger charge is 2.45. The number of aliphatic imine (C=N–C) groups is 1. The second kappa shape index (κ2) is 5.82. The Morgan fingerprint density at radius 1 is 1.27 bits per heavy atom. The maximum atomic E-state index is 12.5. The van der Waals surface area contributed by atoms with Gasteiger partial charge in [0.1, 0.15) is 0 Å². The Balaban J connectivity index is 1.41. The zero-order chi connectivity index (χ0) is 15.2. The van der Waals surface area contributed by atoms with Crippen LogP contribution in [-0.4, -0.2) is 35.1 Å². The van der Waals surface area contributed by atoms with Gasteiger partial charge >= 0.3 is 0 Å². The van der Waals surface area contributed by atoms with E-state index in [2.05, 4.69) is 12.2 Å². The molecular weight excluding hydrogens is 296 g/mol. The molecule has 2 heterocycles. The third-order valence-electron chi connectivity index (χ3n) is 6.03. The Morgan fingerprint density at radius 2 is 2.09 bits per heavy atom. The van der Waals surface area contributed by atoms with Crippen molar-refractivity contribution in [2.24, 2.45) is 22.7 Å². The van der Waals surface area contributed by atoms with Gasteiger partial charge in [-0.05, 0) is 63.2 Å². The maximum absolute atomic E-state index is 12.5. The Labute approximate surface area is 136 Å². The van der Waals surface area contributed by atoms with E-state index >= 15 is 0 Å². The van der Waals surface area contributed by atoms with Gasteiger partial charge in [-0.25, -0.2) is 0 Å². The van der Waals surface area contributed by atoms with Gasteiger partial charge in [-0.15, -0.1) is 0 Å². The van der Waals surface area contributed by atoms with Crippen LogP contribution in [0.3, 0.4) is 0 Å². The third kappa shape index (κ3) is 2.82. The van der Waals surface area contributed by atoms with E-state index in [-0.39, 0.29) is 10.7 Å². The summed E-state index contributed by atoms with van der Waals surface area (Å²) in [6, 6.07) is 0.465. The summed E-state index contributed by atoms with van der Waals surface area (Å²) in [5.41, 5.74) is 0. The molecule has 4 fully saturated rings. The fourth-order valence-corrected chi connectivity index (χ4v) is 5.95. The van der Waals surface area contributed by atoms with E-state index in [4.69, 9.17) is 9.73 Å². The summed E-state index contributed by atoms with van der Waals surface area (Å²) in [5.74, 6) is 2.44. The molecule has 2 aliphatic carbocycles. The monoisotopic (exact) mass is 322 g/mol. The van der Waals surface area contributed by atoms with E-state index in [0.29, 0.717) is 12.0 Å². The van der Waals surface area contributed by atoms with Crippen molar-refractivity contribution in [3.05, 3.63) is 0 Å². The number of nitrogens with one attached hydrogen (secondary N) is 1. The van der Waals surface area contributed by atoms with Crippen molar-refractivity contribution in [3.8, 4) is 0 Å². The number of hydrogen-bond acceptors (Lipinski definition) is 4. The van der Waals surface area contributed by atoms with Gasteiger partial charge in [0.25, 0.3) is 0 Å². The lowest BCUT2D eigenvalue weighted by Gasteiger charge is -2.28. The minimum Gasteiger partial charge on any atom is -0.381 e. The summed E-state index contributed by atoms with van der Waals surface area (Å²) in [7, 11) is 0. The molecular formula is C17H26N2O2S. The second-order valence-corrected chi connectivity index (χ2v) is 9.22. The van der Waals surface area contributed by atoms with Gasteiger partial charge in [0.05, 0.1) is 10.8 Å². The normalized spacial score (nSPS) is 44.0. The summed E-state index contributed by atoms with van der Waals surface area (Å²) in [6.07, 6.45) is 8.45. The standard InChI is InChI=1S/C17H26N2O2S/c1-17(10-11-4-6-21-7-5-11)15(20)19-16(22-17)18-14-9-12-2-3-13(14)8-12/h11-14H,2-10H2,1H3,(H,18,19,20)/t12-,13+,14+,17-/m0/s1. The van der Waals surface area contributed by atoms with Crippen LogP contribution in [0.25, 0.3) is 0 Å². The zero-order valence-electron chi connectivity index (χ0n) is 13.3. The van der Waals surface area contributed by atoms with E-state index < -0.39 is 0 Å². The second-order valence-electron chi connectivity index (χ2n) is 7.72. The van der Waals surface area contributed by atoms with Crippen LogP contribution in [0.1, 0.15) is 51.9 Å². The van der Waals surface area contributed by atoms with Gasteiger partial charge in [0.15, 0.2) is 5.17 Å². The van der Waals surface area contributed by atoms with Crippen molar-refractivity contribution >= 4 is 22.8 Å². The first-order valence-corrected chi connectivity index (χ1v) is 9.60. The molecule has 1 amide bonds. The molecule has 2 bridgehead atoms. The Kier molecular flexibility index (Phi) is 3.97. The first-order chi connectivity index (χ1) is 10.6. The molecule has 0 aromatic rings. The topological polar surface area (TPSA) is 50.7 Å². The third-order valence-corrected chi connectivity index (χ3v) is 7.23. The summed E-state index contributed by atoms with van der Waals surface area (Å²) in [6.45, 7) is 3.78. The SMILES string of the molecule is C[C@@]1(CC2CCOCC2)SC(=N[C@@H]2C[C@H]3CC[C@@H]2C3)NC1=O. The van der Waals surface area contributed by atoms with E-state index in [0.717, 1.165) is 49.5 Å². The van der Waals surface area contributed by atoms with Crippen LogP contribution in [-0.2, 0) is 9.53 Å². The van der Waals surface area contributed by atoms with Gasteiger partial charge in [-0.3, -0.25) is 9.79 Å². The Bertz CT molecular complexity index is 489. The number of hydrogen-bond donors (Lipinski definition) is 1. The van der Waals surface area contributed by atoms with Gasteiger partial charge in [0, 0.05) is 13.2 Å². The fraction of sp³-hybridized carbons (Fsp3) is 0.882. The van der Waals surface area contributed by atoms with Crippen LogP contribution >= 0.6 is 11.8 Å². The van der Waals surface area contributed by atoms with Crippen molar-refractivity contribution in [1.82, 2.24) is 5.32 Å². The molecule has 4 rings (SSSR count). The molecule has 4 atom stereocenters. The summed E-state index contributed by atoms with van der Waals surface area (Å²) >= 11 is 1.68. The van der Waals surface area contributed by atoms with Gasteiger partial charge in [-0.2, -0.15) is 0 Å². The highest BCUT2D eigenvalue weighted by molar-refractivity contribution is 8.16. The summed E-state index contributed by atoms with van der Waals surface area (Å²) in [4.78, 5) is 17.4. The van der Waals surface area contributed by atoms with Crippen LogP contribution in [0.5, 0.6) is 0 Å². The predicted octanol–water partition coefficient (Wildman–Crippen LogP) is 2.97. The molecule has 5 heteroatoms. The quantitative estimate of drug-likeness (QED) is 0.869. The van der Waals surface area contributed by atoms with E-state index in [9.17, 15) is 4.79 Å². The smallest absolute Gasteiger partial charge is 0.242 e. The molecule has 122 valence electrons. The summed E-state index contributed by atoms with van der Waals surface area (Å²) in [5, 5.41) is 3.95. The van der Waals surface area contributed by atoms with Crippen LogP contribution in [0, 0.1) is 17.8 Å². The molecule has 0 aromatic carbocycles. The van der Waals surface area contributed by atoms with Crippen molar-refractivity contribution in [2.75, 3.05) is 13.2 Å². The minimum absolute atomic E-state index is 0.158. The molecule has 2 aliphatic heterocycles. The number of rotatable bonds is 3. The van der Waals surface area contributed by atoms with Gasteiger partial charge in [0.2, 0.25) is 5.91 Å². The van der Waals surface area contributed by atoms with Crippen molar-refractivity contribution < 1.29 is 9.53 Å². The van der Waals surface area contributed by atoms with E-state index in [1.807, 2.05) is 0 Å². The number of carbonyl (C=O) groups excluding carboxylic acids is 1. The van der Waals surface area contributed by atoms with E-state index in [1.165, 1.54) is 25.7 Å². The molecule has 4 aliphatic rings. The maximum Gasteiger partial charge on any atom is 0.242 e.